The molecular weight excluding hydrogens is 344 g/mol. The number of anilines is 1. The van der Waals surface area contributed by atoms with Crippen LogP contribution in [0.25, 0.3) is 0 Å². The third kappa shape index (κ3) is 5.19. The summed E-state index contributed by atoms with van der Waals surface area (Å²) in [5, 5.41) is 15.4. The van der Waals surface area contributed by atoms with Gasteiger partial charge in [0.1, 0.15) is 5.82 Å². The summed E-state index contributed by atoms with van der Waals surface area (Å²) in [4.78, 5) is 29.8. The normalized spacial score (nSPS) is 21.8. The average molecular weight is 374 g/mol. The Morgan fingerprint density at radius 2 is 2.22 bits per heavy atom. The first-order valence-corrected chi connectivity index (χ1v) is 10.0. The fourth-order valence-corrected chi connectivity index (χ4v) is 3.92. The van der Waals surface area contributed by atoms with E-state index in [1.54, 1.807) is 0 Å². The van der Waals surface area contributed by atoms with E-state index >= 15 is 0 Å². The lowest BCUT2D eigenvalue weighted by Gasteiger charge is -2.21. The van der Waals surface area contributed by atoms with Crippen molar-refractivity contribution >= 4 is 17.7 Å². The van der Waals surface area contributed by atoms with Crippen LogP contribution in [-0.4, -0.2) is 52.0 Å². The molecule has 1 aromatic rings. The van der Waals surface area contributed by atoms with Crippen molar-refractivity contribution in [1.82, 2.24) is 15.2 Å². The molecule has 0 radical (unpaired) electrons. The number of hydrogen-bond acceptors (Lipinski definition) is 5. The molecule has 148 valence electrons. The van der Waals surface area contributed by atoms with Crippen LogP contribution in [0.2, 0.25) is 0 Å². The number of carbonyl (C=O) groups is 2. The van der Waals surface area contributed by atoms with Crippen LogP contribution in [0.15, 0.2) is 12.1 Å². The van der Waals surface area contributed by atoms with E-state index in [1.807, 2.05) is 11.0 Å². The predicted molar refractivity (Wildman–Crippen MR) is 104 cm³/mol. The van der Waals surface area contributed by atoms with E-state index < -0.39 is 5.97 Å². The lowest BCUT2D eigenvalue weighted by molar-refractivity contribution is -0.137. The Morgan fingerprint density at radius 3 is 3.04 bits per heavy atom. The standard InChI is InChI=1S/C20H30N4O3/c1-14-12-17(20(27)24(14)11-4-2-3-7-18(25)26)22-13-16-9-8-15-6-5-10-21-19(15)23-16/h8-9,14,17,22H,2-7,10-13H2,1H3,(H,21,23)(H,25,26)/t14-,17?/m1/s1. The minimum Gasteiger partial charge on any atom is -0.481 e. The topological polar surface area (TPSA) is 94.6 Å². The lowest BCUT2D eigenvalue weighted by atomic mass is 10.1. The second kappa shape index (κ2) is 9.17. The molecule has 1 fully saturated rings. The highest BCUT2D eigenvalue weighted by molar-refractivity contribution is 5.84. The van der Waals surface area contributed by atoms with Crippen molar-refractivity contribution in [3.8, 4) is 0 Å². The minimum absolute atomic E-state index is 0.150. The number of carbonyl (C=O) groups excluding carboxylic acids is 1. The number of aromatic nitrogens is 1. The molecule has 1 saturated heterocycles. The highest BCUT2D eigenvalue weighted by atomic mass is 16.4. The summed E-state index contributed by atoms with van der Waals surface area (Å²) >= 11 is 0. The molecule has 1 unspecified atom stereocenters. The Morgan fingerprint density at radius 1 is 1.37 bits per heavy atom. The molecule has 3 N–H and O–H groups in total. The molecule has 2 atom stereocenters. The number of likely N-dealkylation sites (tertiary alicyclic amines) is 1. The van der Waals surface area contributed by atoms with Crippen molar-refractivity contribution in [3.05, 3.63) is 23.4 Å². The van der Waals surface area contributed by atoms with E-state index in [2.05, 4.69) is 28.6 Å². The monoisotopic (exact) mass is 374 g/mol. The lowest BCUT2D eigenvalue weighted by Crippen LogP contribution is -2.39. The van der Waals surface area contributed by atoms with Crippen molar-refractivity contribution < 1.29 is 14.7 Å². The van der Waals surface area contributed by atoms with Gasteiger partial charge in [-0.05, 0) is 50.7 Å². The first-order chi connectivity index (χ1) is 13.0. The van der Waals surface area contributed by atoms with E-state index in [1.165, 1.54) is 5.56 Å². The van der Waals surface area contributed by atoms with Crippen molar-refractivity contribution in [3.63, 3.8) is 0 Å². The molecule has 0 saturated carbocycles. The SMILES string of the molecule is C[C@@H]1CC(NCc2ccc3c(n2)NCCC3)C(=O)N1CCCCCC(=O)O. The van der Waals surface area contributed by atoms with Gasteiger partial charge in [-0.2, -0.15) is 0 Å². The summed E-state index contributed by atoms with van der Waals surface area (Å²) in [6, 6.07) is 4.23. The molecule has 3 rings (SSSR count). The second-order valence-corrected chi connectivity index (χ2v) is 7.59. The Hall–Kier alpha value is -2.15. The molecule has 27 heavy (non-hydrogen) atoms. The molecule has 0 bridgehead atoms. The first kappa shape index (κ1) is 19.6. The van der Waals surface area contributed by atoms with E-state index in [4.69, 9.17) is 5.11 Å². The molecule has 0 aromatic carbocycles. The molecule has 1 amide bonds. The van der Waals surface area contributed by atoms with Crippen LogP contribution in [0.4, 0.5) is 5.82 Å². The third-order valence-corrected chi connectivity index (χ3v) is 5.46. The van der Waals surface area contributed by atoms with Gasteiger partial charge in [-0.1, -0.05) is 12.5 Å². The molecule has 7 heteroatoms. The number of unbranched alkanes of at least 4 members (excludes halogenated alkanes) is 2. The number of rotatable bonds is 9. The minimum atomic E-state index is -0.754. The highest BCUT2D eigenvalue weighted by Gasteiger charge is 2.36. The van der Waals surface area contributed by atoms with Crippen molar-refractivity contribution in [1.29, 1.82) is 0 Å². The Bertz CT molecular complexity index is 679. The Labute approximate surface area is 160 Å². The van der Waals surface area contributed by atoms with Crippen LogP contribution in [0, 0.1) is 0 Å². The number of fused-ring (bicyclic) bond motifs is 1. The molecule has 7 nitrogen and oxygen atoms in total. The van der Waals surface area contributed by atoms with E-state index in [9.17, 15) is 9.59 Å². The highest BCUT2D eigenvalue weighted by Crippen LogP contribution is 2.22. The zero-order chi connectivity index (χ0) is 19.2. The van der Waals surface area contributed by atoms with E-state index in [0.29, 0.717) is 19.5 Å². The summed E-state index contributed by atoms with van der Waals surface area (Å²) in [7, 11) is 0. The fraction of sp³-hybridized carbons (Fsp3) is 0.650. The molecule has 0 aliphatic carbocycles. The van der Waals surface area contributed by atoms with Gasteiger partial charge >= 0.3 is 5.97 Å². The average Bonchev–Trinajstić information content (AvgIpc) is 2.93. The van der Waals surface area contributed by atoms with Crippen molar-refractivity contribution in [2.75, 3.05) is 18.4 Å². The summed E-state index contributed by atoms with van der Waals surface area (Å²) in [6.07, 6.45) is 5.59. The van der Waals surface area contributed by atoms with Crippen LogP contribution in [-0.2, 0) is 22.6 Å². The third-order valence-electron chi connectivity index (χ3n) is 5.46. The summed E-state index contributed by atoms with van der Waals surface area (Å²) in [5.74, 6) is 0.377. The summed E-state index contributed by atoms with van der Waals surface area (Å²) in [6.45, 7) is 4.35. The van der Waals surface area contributed by atoms with Crippen LogP contribution in [0.1, 0.15) is 56.7 Å². The maximum Gasteiger partial charge on any atom is 0.303 e. The van der Waals surface area contributed by atoms with Gasteiger partial charge in [0.05, 0.1) is 11.7 Å². The number of amides is 1. The van der Waals surface area contributed by atoms with Gasteiger partial charge in [-0.3, -0.25) is 9.59 Å². The zero-order valence-corrected chi connectivity index (χ0v) is 16.0. The fourth-order valence-electron chi connectivity index (χ4n) is 3.92. The van der Waals surface area contributed by atoms with Crippen LogP contribution in [0.5, 0.6) is 0 Å². The number of nitrogens with zero attached hydrogens (tertiary/aromatic N) is 2. The maximum atomic E-state index is 12.7. The number of pyridine rings is 1. The molecule has 1 aromatic heterocycles. The first-order valence-electron chi connectivity index (χ1n) is 10.0. The van der Waals surface area contributed by atoms with E-state index in [-0.39, 0.29) is 24.4 Å². The maximum absolute atomic E-state index is 12.7. The number of carboxylic acid groups (broad SMARTS) is 1. The van der Waals surface area contributed by atoms with Gasteiger partial charge in [0.25, 0.3) is 0 Å². The zero-order valence-electron chi connectivity index (χ0n) is 16.0. The van der Waals surface area contributed by atoms with Crippen LogP contribution in [0.3, 0.4) is 0 Å². The number of nitrogens with one attached hydrogen (secondary N) is 2. The van der Waals surface area contributed by atoms with Crippen molar-refractivity contribution in [2.45, 2.75) is 70.5 Å². The molecular formula is C20H30N4O3. The van der Waals surface area contributed by atoms with Gasteiger partial charge in [-0.25, -0.2) is 4.98 Å². The second-order valence-electron chi connectivity index (χ2n) is 7.59. The number of aliphatic carboxylic acids is 1. The van der Waals surface area contributed by atoms with Crippen LogP contribution < -0.4 is 10.6 Å². The number of aryl methyl sites for hydroxylation is 1. The van der Waals surface area contributed by atoms with Crippen molar-refractivity contribution in [2.24, 2.45) is 0 Å². The largest absolute Gasteiger partial charge is 0.481 e. The quantitative estimate of drug-likeness (QED) is 0.574. The molecule has 2 aliphatic heterocycles. The van der Waals surface area contributed by atoms with Crippen LogP contribution >= 0.6 is 0 Å². The Balaban J connectivity index is 1.45. The summed E-state index contributed by atoms with van der Waals surface area (Å²) < 4.78 is 0. The van der Waals surface area contributed by atoms with Gasteiger partial charge in [-0.15, -0.1) is 0 Å². The van der Waals surface area contributed by atoms with Gasteiger partial charge in [0.2, 0.25) is 5.91 Å². The molecule has 2 aliphatic rings. The number of carboxylic acids is 1. The Kier molecular flexibility index (Phi) is 6.66. The predicted octanol–water partition coefficient (Wildman–Crippen LogP) is 2.16. The smallest absolute Gasteiger partial charge is 0.303 e. The van der Waals surface area contributed by atoms with E-state index in [0.717, 1.165) is 50.2 Å². The molecule has 3 heterocycles. The summed E-state index contributed by atoms with van der Waals surface area (Å²) in [5.41, 5.74) is 2.22. The van der Waals surface area contributed by atoms with Gasteiger partial charge in [0, 0.05) is 32.1 Å². The molecule has 0 spiro atoms. The van der Waals surface area contributed by atoms with Gasteiger partial charge in [0.15, 0.2) is 0 Å². The number of hydrogen-bond donors (Lipinski definition) is 3. The van der Waals surface area contributed by atoms with Gasteiger partial charge < -0.3 is 20.6 Å².